The molecule has 1 fully saturated rings. The van der Waals surface area contributed by atoms with E-state index >= 15 is 0 Å². The second-order valence-electron chi connectivity index (χ2n) is 6.55. The number of benzene rings is 2. The van der Waals surface area contributed by atoms with E-state index in [-0.39, 0.29) is 35.8 Å². The van der Waals surface area contributed by atoms with Gasteiger partial charge in [0.25, 0.3) is 0 Å². The zero-order chi connectivity index (χ0) is 18.5. The van der Waals surface area contributed by atoms with Gasteiger partial charge < -0.3 is 15.8 Å². The van der Waals surface area contributed by atoms with Gasteiger partial charge in [-0.1, -0.05) is 24.6 Å². The maximum atomic E-state index is 14.2. The van der Waals surface area contributed by atoms with Crippen LogP contribution in [0.3, 0.4) is 0 Å². The topological polar surface area (TPSA) is 64.4 Å². The van der Waals surface area contributed by atoms with Gasteiger partial charge in [-0.05, 0) is 55.1 Å². The zero-order valence-corrected chi connectivity index (χ0v) is 14.4. The summed E-state index contributed by atoms with van der Waals surface area (Å²) in [7, 11) is 0. The van der Waals surface area contributed by atoms with Crippen molar-refractivity contribution in [3.8, 4) is 11.5 Å². The lowest BCUT2D eigenvalue weighted by Gasteiger charge is -2.17. The number of ether oxygens (including phenoxy) is 1. The third-order valence-corrected chi connectivity index (χ3v) is 4.82. The van der Waals surface area contributed by atoms with Gasteiger partial charge in [-0.3, -0.25) is 4.79 Å². The number of carbonyl (C=O) groups is 1. The first-order chi connectivity index (χ1) is 12.6. The van der Waals surface area contributed by atoms with E-state index in [1.54, 1.807) is 12.1 Å². The van der Waals surface area contributed by atoms with Crippen molar-refractivity contribution in [2.45, 2.75) is 25.8 Å². The predicted molar refractivity (Wildman–Crippen MR) is 94.6 cm³/mol. The molecule has 1 aliphatic rings. The molecule has 3 N–H and O–H groups in total. The molecule has 1 saturated carbocycles. The van der Waals surface area contributed by atoms with Crippen molar-refractivity contribution in [2.24, 2.45) is 17.6 Å². The van der Waals surface area contributed by atoms with E-state index in [1.807, 2.05) is 0 Å². The van der Waals surface area contributed by atoms with Crippen molar-refractivity contribution in [1.29, 1.82) is 0 Å². The van der Waals surface area contributed by atoms with Gasteiger partial charge in [0.1, 0.15) is 0 Å². The number of hydrogen-bond acceptors (Lipinski definition) is 3. The standard InChI is InChI=1S/C20H22F2N2O2/c21-16-6-1-2-7-18(16)26-19-9-8-13(10-17(19)22)12-24-20(25)15-5-3-4-14(15)11-23/h1-2,6-10,14-15H,3-5,11-12,23H2,(H,24,25)/t14-,15-/m1/s1. The van der Waals surface area contributed by atoms with Gasteiger partial charge in [0.05, 0.1) is 0 Å². The molecular weight excluding hydrogens is 338 g/mol. The fourth-order valence-corrected chi connectivity index (χ4v) is 3.37. The SMILES string of the molecule is NC[C@H]1CCC[C@H]1C(=O)NCc1ccc(Oc2ccccc2F)c(F)c1. The molecule has 0 spiro atoms. The van der Waals surface area contributed by atoms with Gasteiger partial charge in [0.2, 0.25) is 5.91 Å². The molecule has 138 valence electrons. The van der Waals surface area contributed by atoms with E-state index in [4.69, 9.17) is 10.5 Å². The number of hydrogen-bond donors (Lipinski definition) is 2. The van der Waals surface area contributed by atoms with Gasteiger partial charge in [-0.25, -0.2) is 8.78 Å². The first kappa shape index (κ1) is 18.3. The number of nitrogens with one attached hydrogen (secondary N) is 1. The number of amides is 1. The molecule has 4 nitrogen and oxygen atoms in total. The molecular formula is C20H22F2N2O2. The van der Waals surface area contributed by atoms with Crippen LogP contribution in [0.2, 0.25) is 0 Å². The van der Waals surface area contributed by atoms with Crippen molar-refractivity contribution in [2.75, 3.05) is 6.54 Å². The molecule has 0 saturated heterocycles. The van der Waals surface area contributed by atoms with Crippen LogP contribution in [0.4, 0.5) is 8.78 Å². The third kappa shape index (κ3) is 4.19. The van der Waals surface area contributed by atoms with Crippen LogP contribution < -0.4 is 15.8 Å². The summed E-state index contributed by atoms with van der Waals surface area (Å²) >= 11 is 0. The Labute approximate surface area is 151 Å². The second-order valence-corrected chi connectivity index (χ2v) is 6.55. The highest BCUT2D eigenvalue weighted by Crippen LogP contribution is 2.31. The number of halogens is 2. The first-order valence-corrected chi connectivity index (χ1v) is 8.77. The summed E-state index contributed by atoms with van der Waals surface area (Å²) in [5.41, 5.74) is 6.32. The van der Waals surface area contributed by atoms with Crippen LogP contribution in [-0.2, 0) is 11.3 Å². The summed E-state index contributed by atoms with van der Waals surface area (Å²) in [5, 5.41) is 2.85. The monoisotopic (exact) mass is 360 g/mol. The highest BCUT2D eigenvalue weighted by atomic mass is 19.1. The molecule has 0 unspecified atom stereocenters. The quantitative estimate of drug-likeness (QED) is 0.825. The molecule has 3 rings (SSSR count). The van der Waals surface area contributed by atoms with E-state index < -0.39 is 11.6 Å². The summed E-state index contributed by atoms with van der Waals surface area (Å²) in [4.78, 5) is 12.3. The molecule has 2 aromatic rings. The molecule has 0 heterocycles. The molecule has 1 amide bonds. The highest BCUT2D eigenvalue weighted by molar-refractivity contribution is 5.79. The molecule has 26 heavy (non-hydrogen) atoms. The van der Waals surface area contributed by atoms with Crippen LogP contribution in [0.15, 0.2) is 42.5 Å². The van der Waals surface area contributed by atoms with Crippen molar-refractivity contribution >= 4 is 5.91 Å². The van der Waals surface area contributed by atoms with Crippen molar-refractivity contribution in [1.82, 2.24) is 5.32 Å². The van der Waals surface area contributed by atoms with Crippen LogP contribution in [0.1, 0.15) is 24.8 Å². The second kappa shape index (κ2) is 8.27. The van der Waals surface area contributed by atoms with Crippen LogP contribution in [0.5, 0.6) is 11.5 Å². The van der Waals surface area contributed by atoms with Gasteiger partial charge in [0, 0.05) is 12.5 Å². The Morgan fingerprint density at radius 1 is 1.12 bits per heavy atom. The summed E-state index contributed by atoms with van der Waals surface area (Å²) in [6, 6.07) is 10.2. The fraction of sp³-hybridized carbons (Fsp3) is 0.350. The van der Waals surface area contributed by atoms with Crippen molar-refractivity contribution < 1.29 is 18.3 Å². The molecule has 6 heteroatoms. The van der Waals surface area contributed by atoms with E-state index in [0.717, 1.165) is 19.3 Å². The number of rotatable bonds is 6. The average molecular weight is 360 g/mol. The van der Waals surface area contributed by atoms with E-state index in [9.17, 15) is 13.6 Å². The highest BCUT2D eigenvalue weighted by Gasteiger charge is 2.31. The summed E-state index contributed by atoms with van der Waals surface area (Å²) in [6.07, 6.45) is 2.83. The minimum Gasteiger partial charge on any atom is -0.451 e. The minimum absolute atomic E-state index is 0.0370. The molecule has 1 aliphatic carbocycles. The Morgan fingerprint density at radius 2 is 1.88 bits per heavy atom. The van der Waals surface area contributed by atoms with Crippen LogP contribution >= 0.6 is 0 Å². The number of para-hydroxylation sites is 1. The summed E-state index contributed by atoms with van der Waals surface area (Å²) in [5.74, 6) is -1.15. The Morgan fingerprint density at radius 3 is 2.62 bits per heavy atom. The van der Waals surface area contributed by atoms with Crippen LogP contribution in [0.25, 0.3) is 0 Å². The Balaban J connectivity index is 1.61. The van der Waals surface area contributed by atoms with E-state index in [2.05, 4.69) is 5.32 Å². The summed E-state index contributed by atoms with van der Waals surface area (Å²) in [6.45, 7) is 0.734. The lowest BCUT2D eigenvalue weighted by molar-refractivity contribution is -0.126. The molecule has 2 aromatic carbocycles. The van der Waals surface area contributed by atoms with Gasteiger partial charge >= 0.3 is 0 Å². The van der Waals surface area contributed by atoms with Crippen molar-refractivity contribution in [3.63, 3.8) is 0 Å². The summed E-state index contributed by atoms with van der Waals surface area (Å²) < 4.78 is 33.1. The normalized spacial score (nSPS) is 19.3. The lowest BCUT2D eigenvalue weighted by Crippen LogP contribution is -2.34. The maximum absolute atomic E-state index is 14.2. The Bertz CT molecular complexity index is 782. The zero-order valence-electron chi connectivity index (χ0n) is 14.4. The minimum atomic E-state index is -0.610. The van der Waals surface area contributed by atoms with Crippen LogP contribution in [-0.4, -0.2) is 12.5 Å². The maximum Gasteiger partial charge on any atom is 0.223 e. The van der Waals surface area contributed by atoms with Gasteiger partial charge in [-0.15, -0.1) is 0 Å². The Hall–Kier alpha value is -2.47. The number of carbonyl (C=O) groups excluding carboxylic acids is 1. The van der Waals surface area contributed by atoms with Gasteiger partial charge in [-0.2, -0.15) is 0 Å². The van der Waals surface area contributed by atoms with Crippen molar-refractivity contribution in [3.05, 3.63) is 59.7 Å². The molecule has 2 atom stereocenters. The van der Waals surface area contributed by atoms with Crippen LogP contribution in [0, 0.1) is 23.5 Å². The lowest BCUT2D eigenvalue weighted by atomic mass is 9.95. The van der Waals surface area contributed by atoms with E-state index in [0.29, 0.717) is 12.1 Å². The third-order valence-electron chi connectivity index (χ3n) is 4.82. The Kier molecular flexibility index (Phi) is 5.83. The molecule has 0 radical (unpaired) electrons. The van der Waals surface area contributed by atoms with E-state index in [1.165, 1.54) is 30.3 Å². The van der Waals surface area contributed by atoms with Gasteiger partial charge in [0.15, 0.2) is 23.1 Å². The number of nitrogens with two attached hydrogens (primary N) is 1. The fourth-order valence-electron chi connectivity index (χ4n) is 3.37. The molecule has 0 aliphatic heterocycles. The smallest absolute Gasteiger partial charge is 0.223 e. The predicted octanol–water partition coefficient (Wildman–Crippen LogP) is 3.75. The molecule has 0 bridgehead atoms. The molecule has 0 aromatic heterocycles. The first-order valence-electron chi connectivity index (χ1n) is 8.77. The average Bonchev–Trinajstić information content (AvgIpc) is 3.12. The largest absolute Gasteiger partial charge is 0.451 e.